The summed E-state index contributed by atoms with van der Waals surface area (Å²) in [5, 5.41) is 11.5. The van der Waals surface area contributed by atoms with Crippen LogP contribution < -0.4 is 0 Å². The molecule has 1 aliphatic carbocycles. The van der Waals surface area contributed by atoms with Gasteiger partial charge in [-0.05, 0) is 28.6 Å². The van der Waals surface area contributed by atoms with Gasteiger partial charge in [-0.1, -0.05) is 0 Å². The largest absolute Gasteiger partial charge is 0.242 e. The highest BCUT2D eigenvalue weighted by Crippen LogP contribution is 2.48. The van der Waals surface area contributed by atoms with Crippen LogP contribution in [-0.2, 0) is 6.42 Å². The third-order valence-electron chi connectivity index (χ3n) is 3.80. The van der Waals surface area contributed by atoms with E-state index in [1.165, 1.54) is 20.9 Å². The first kappa shape index (κ1) is 12.4. The molecule has 0 amide bonds. The molecule has 4 heterocycles. The molecule has 0 fully saturated rings. The standard InChI is InChI=1S/C15H6N4S3/c16-5-9-12(13-10(6-17-9)18-22-19-13)11-4-8-3-7-1-2-20-14(7)15(8)21-11/h1-2,4,6H,3H2. The van der Waals surface area contributed by atoms with Gasteiger partial charge in [0.25, 0.3) is 0 Å². The number of nitrogens with zero attached hydrogens (tertiary/aromatic N) is 4. The van der Waals surface area contributed by atoms with Crippen LogP contribution in [-0.4, -0.2) is 13.7 Å². The van der Waals surface area contributed by atoms with E-state index in [1.807, 2.05) is 0 Å². The SMILES string of the molecule is N#Cc1ncc2nsnc2c1-c1cc2c(s1)-c1sccc1C2. The molecule has 0 N–H and O–H groups in total. The maximum absolute atomic E-state index is 9.40. The minimum Gasteiger partial charge on any atom is -0.242 e. The van der Waals surface area contributed by atoms with E-state index in [9.17, 15) is 5.26 Å². The molecule has 0 saturated carbocycles. The fraction of sp³-hybridized carbons (Fsp3) is 0.0667. The summed E-state index contributed by atoms with van der Waals surface area (Å²) >= 11 is 4.67. The van der Waals surface area contributed by atoms with Crippen LogP contribution in [0.1, 0.15) is 16.8 Å². The Hall–Kier alpha value is -2.14. The van der Waals surface area contributed by atoms with Crippen LogP contribution in [0.25, 0.3) is 31.2 Å². The number of rotatable bonds is 1. The van der Waals surface area contributed by atoms with Crippen LogP contribution in [0, 0.1) is 11.3 Å². The van der Waals surface area contributed by atoms with Crippen molar-refractivity contribution in [3.8, 4) is 26.3 Å². The normalized spacial score (nSPS) is 12.3. The van der Waals surface area contributed by atoms with Crippen molar-refractivity contribution in [2.75, 3.05) is 0 Å². The third-order valence-corrected chi connectivity index (χ3v) is 6.66. The Bertz CT molecular complexity index is 1080. The lowest BCUT2D eigenvalue weighted by molar-refractivity contribution is 1.27. The highest BCUT2D eigenvalue weighted by Gasteiger charge is 2.25. The summed E-state index contributed by atoms with van der Waals surface area (Å²) in [5.74, 6) is 0. The zero-order valence-corrected chi connectivity index (χ0v) is 13.5. The van der Waals surface area contributed by atoms with E-state index in [-0.39, 0.29) is 0 Å². The molecule has 1 aliphatic rings. The summed E-state index contributed by atoms with van der Waals surface area (Å²) < 4.78 is 8.61. The van der Waals surface area contributed by atoms with Crippen molar-refractivity contribution in [1.82, 2.24) is 13.7 Å². The van der Waals surface area contributed by atoms with E-state index in [1.54, 1.807) is 28.9 Å². The van der Waals surface area contributed by atoms with Gasteiger partial charge in [0.1, 0.15) is 17.1 Å². The third kappa shape index (κ3) is 1.57. The fourth-order valence-corrected chi connectivity index (χ4v) is 5.73. The molecule has 0 aromatic carbocycles. The minimum absolute atomic E-state index is 0.423. The Morgan fingerprint density at radius 3 is 3.05 bits per heavy atom. The van der Waals surface area contributed by atoms with E-state index in [0.717, 1.165) is 39.6 Å². The Labute approximate surface area is 137 Å². The molecule has 4 aromatic rings. The summed E-state index contributed by atoms with van der Waals surface area (Å²) in [6.45, 7) is 0. The smallest absolute Gasteiger partial charge is 0.151 e. The maximum Gasteiger partial charge on any atom is 0.151 e. The van der Waals surface area contributed by atoms with Crippen molar-refractivity contribution in [3.63, 3.8) is 0 Å². The summed E-state index contributed by atoms with van der Waals surface area (Å²) in [7, 11) is 0. The van der Waals surface area contributed by atoms with Crippen molar-refractivity contribution in [2.24, 2.45) is 0 Å². The molecule has 0 spiro atoms. The highest BCUT2D eigenvalue weighted by molar-refractivity contribution is 7.23. The second-order valence-electron chi connectivity index (χ2n) is 5.01. The van der Waals surface area contributed by atoms with Crippen LogP contribution in [0.5, 0.6) is 0 Å². The highest BCUT2D eigenvalue weighted by atomic mass is 32.1. The molecule has 22 heavy (non-hydrogen) atoms. The number of aromatic nitrogens is 3. The van der Waals surface area contributed by atoms with Crippen molar-refractivity contribution in [2.45, 2.75) is 6.42 Å². The van der Waals surface area contributed by atoms with Gasteiger partial charge in [-0.15, -0.1) is 22.7 Å². The van der Waals surface area contributed by atoms with Gasteiger partial charge in [0.2, 0.25) is 0 Å². The van der Waals surface area contributed by atoms with Crippen molar-refractivity contribution in [1.29, 1.82) is 5.26 Å². The predicted octanol–water partition coefficient (Wildman–Crippen LogP) is 4.32. The van der Waals surface area contributed by atoms with Gasteiger partial charge in [0, 0.05) is 21.1 Å². The molecule has 7 heteroatoms. The molecular weight excluding hydrogens is 332 g/mol. The molecule has 4 nitrogen and oxygen atoms in total. The first-order valence-electron chi connectivity index (χ1n) is 6.56. The lowest BCUT2D eigenvalue weighted by atomic mass is 10.1. The summed E-state index contributed by atoms with van der Waals surface area (Å²) in [6, 6.07) is 6.57. The lowest BCUT2D eigenvalue weighted by Gasteiger charge is -2.01. The number of nitriles is 1. The van der Waals surface area contributed by atoms with E-state index < -0.39 is 0 Å². The van der Waals surface area contributed by atoms with E-state index in [2.05, 4.69) is 37.3 Å². The molecule has 0 aliphatic heterocycles. The fourth-order valence-electron chi connectivity index (χ4n) is 2.83. The van der Waals surface area contributed by atoms with Crippen LogP contribution >= 0.6 is 34.4 Å². The number of thiophene rings is 2. The van der Waals surface area contributed by atoms with Gasteiger partial charge < -0.3 is 0 Å². The Morgan fingerprint density at radius 2 is 2.14 bits per heavy atom. The first-order chi connectivity index (χ1) is 10.8. The molecule has 104 valence electrons. The first-order valence-corrected chi connectivity index (χ1v) is 8.99. The molecule has 0 saturated heterocycles. The number of hydrogen-bond acceptors (Lipinski definition) is 7. The lowest BCUT2D eigenvalue weighted by Crippen LogP contribution is -1.89. The van der Waals surface area contributed by atoms with E-state index in [0.29, 0.717) is 5.69 Å². The average Bonchev–Trinajstić information content (AvgIpc) is 3.26. The van der Waals surface area contributed by atoms with Crippen LogP contribution in [0.2, 0.25) is 0 Å². The Morgan fingerprint density at radius 1 is 1.18 bits per heavy atom. The van der Waals surface area contributed by atoms with Crippen LogP contribution in [0.15, 0.2) is 23.7 Å². The van der Waals surface area contributed by atoms with E-state index in [4.69, 9.17) is 0 Å². The zero-order valence-electron chi connectivity index (χ0n) is 11.0. The monoisotopic (exact) mass is 338 g/mol. The van der Waals surface area contributed by atoms with Gasteiger partial charge in [0.15, 0.2) is 5.69 Å². The van der Waals surface area contributed by atoms with E-state index >= 15 is 0 Å². The number of pyridine rings is 1. The quantitative estimate of drug-likeness (QED) is 0.457. The molecule has 0 atom stereocenters. The second kappa shape index (κ2) is 4.43. The molecule has 4 aromatic heterocycles. The summed E-state index contributed by atoms with van der Waals surface area (Å²) in [5.41, 5.74) is 5.53. The van der Waals surface area contributed by atoms with Crippen molar-refractivity contribution in [3.05, 3.63) is 40.5 Å². The number of hydrogen-bond donors (Lipinski definition) is 0. The molecule has 0 bridgehead atoms. The molecule has 0 unspecified atom stereocenters. The predicted molar refractivity (Wildman–Crippen MR) is 89.4 cm³/mol. The van der Waals surface area contributed by atoms with Crippen LogP contribution in [0.3, 0.4) is 0 Å². The van der Waals surface area contributed by atoms with Gasteiger partial charge in [0.05, 0.1) is 23.5 Å². The Kier molecular flexibility index (Phi) is 2.50. The topological polar surface area (TPSA) is 62.5 Å². The maximum atomic E-state index is 9.40. The molecular formula is C15H6N4S3. The Balaban J connectivity index is 1.79. The zero-order chi connectivity index (χ0) is 14.7. The number of fused-ring (bicyclic) bond motifs is 4. The van der Waals surface area contributed by atoms with Crippen molar-refractivity contribution >= 4 is 45.4 Å². The van der Waals surface area contributed by atoms with Gasteiger partial charge in [-0.3, -0.25) is 0 Å². The molecule has 0 radical (unpaired) electrons. The van der Waals surface area contributed by atoms with Crippen LogP contribution in [0.4, 0.5) is 0 Å². The molecule has 5 rings (SSSR count). The van der Waals surface area contributed by atoms with Gasteiger partial charge in [-0.2, -0.15) is 14.0 Å². The average molecular weight is 338 g/mol. The second-order valence-corrected chi connectivity index (χ2v) is 7.51. The summed E-state index contributed by atoms with van der Waals surface area (Å²) in [4.78, 5) is 7.99. The minimum atomic E-state index is 0.423. The van der Waals surface area contributed by atoms with Gasteiger partial charge >= 0.3 is 0 Å². The van der Waals surface area contributed by atoms with Crippen molar-refractivity contribution < 1.29 is 0 Å². The summed E-state index contributed by atoms with van der Waals surface area (Å²) in [6.07, 6.45) is 2.60. The van der Waals surface area contributed by atoms with Gasteiger partial charge in [-0.25, -0.2) is 4.98 Å².